The summed E-state index contributed by atoms with van der Waals surface area (Å²) in [6.07, 6.45) is 4.80. The topological polar surface area (TPSA) is 59.0 Å². The number of nitrogens with zero attached hydrogens (tertiary/aromatic N) is 1. The van der Waals surface area contributed by atoms with Gasteiger partial charge in [-0.1, -0.05) is 31.9 Å². The lowest BCUT2D eigenvalue weighted by Gasteiger charge is -2.30. The van der Waals surface area contributed by atoms with Crippen molar-refractivity contribution in [1.82, 2.24) is 4.90 Å². The van der Waals surface area contributed by atoms with Crippen molar-refractivity contribution in [3.8, 4) is 11.5 Å². The predicted octanol–water partition coefficient (Wildman–Crippen LogP) is 3.56. The van der Waals surface area contributed by atoms with Gasteiger partial charge >= 0.3 is 5.97 Å². The van der Waals surface area contributed by atoms with Crippen LogP contribution in [0, 0.1) is 5.92 Å². The fraction of sp³-hybridized carbons (Fsp3) is 0.632. The molecule has 1 aliphatic rings. The molecule has 24 heavy (non-hydrogen) atoms. The molecule has 1 aromatic rings. The van der Waals surface area contributed by atoms with E-state index in [-0.39, 0.29) is 5.92 Å². The van der Waals surface area contributed by atoms with Crippen molar-refractivity contribution < 1.29 is 19.4 Å². The number of hydrogen-bond donors (Lipinski definition) is 1. The molecule has 0 aromatic heterocycles. The van der Waals surface area contributed by atoms with Crippen LogP contribution in [0.25, 0.3) is 0 Å². The van der Waals surface area contributed by atoms with Gasteiger partial charge < -0.3 is 14.6 Å². The summed E-state index contributed by atoms with van der Waals surface area (Å²) in [4.78, 5) is 13.4. The average molecular weight is 335 g/mol. The molecule has 1 N–H and O–H groups in total. The van der Waals surface area contributed by atoms with E-state index in [1.165, 1.54) is 6.42 Å². The quantitative estimate of drug-likeness (QED) is 0.699. The third kappa shape index (κ3) is 5.13. The number of unbranched alkanes of at least 4 members (excludes halogenated alkanes) is 2. The first kappa shape index (κ1) is 18.6. The molecule has 0 spiro atoms. The maximum atomic E-state index is 11.1. The molecule has 134 valence electrons. The van der Waals surface area contributed by atoms with Crippen LogP contribution in [0.15, 0.2) is 18.2 Å². The number of aliphatic carboxylic acids is 1. The second-order valence-electron chi connectivity index (χ2n) is 6.39. The molecule has 0 atom stereocenters. The van der Waals surface area contributed by atoms with Crippen LogP contribution < -0.4 is 9.47 Å². The predicted molar refractivity (Wildman–Crippen MR) is 93.7 cm³/mol. The van der Waals surface area contributed by atoms with Gasteiger partial charge in [0.2, 0.25) is 0 Å². The molecule has 0 saturated carbocycles. The minimum absolute atomic E-state index is 0.198. The van der Waals surface area contributed by atoms with E-state index in [2.05, 4.69) is 17.9 Å². The van der Waals surface area contributed by atoms with E-state index in [1.807, 2.05) is 12.1 Å². The molecule has 1 aliphatic heterocycles. The van der Waals surface area contributed by atoms with E-state index in [1.54, 1.807) is 7.11 Å². The smallest absolute Gasteiger partial charge is 0.306 e. The van der Waals surface area contributed by atoms with Crippen molar-refractivity contribution in [1.29, 1.82) is 0 Å². The molecule has 0 amide bonds. The Labute approximate surface area is 144 Å². The van der Waals surface area contributed by atoms with Gasteiger partial charge in [-0.15, -0.1) is 0 Å². The van der Waals surface area contributed by atoms with Gasteiger partial charge in [0, 0.05) is 12.1 Å². The molecule has 0 unspecified atom stereocenters. The lowest BCUT2D eigenvalue weighted by Crippen LogP contribution is -2.35. The Kier molecular flexibility index (Phi) is 7.37. The largest absolute Gasteiger partial charge is 0.493 e. The zero-order valence-corrected chi connectivity index (χ0v) is 14.8. The van der Waals surface area contributed by atoms with E-state index in [9.17, 15) is 4.79 Å². The number of piperidine rings is 1. The van der Waals surface area contributed by atoms with Crippen LogP contribution >= 0.6 is 0 Å². The number of carboxylic acid groups (broad SMARTS) is 1. The molecular formula is C19H29NO4. The fourth-order valence-electron chi connectivity index (χ4n) is 3.12. The number of benzene rings is 1. The van der Waals surface area contributed by atoms with Gasteiger partial charge in [-0.25, -0.2) is 0 Å². The lowest BCUT2D eigenvalue weighted by molar-refractivity contribution is -0.143. The Morgan fingerprint density at radius 1 is 1.29 bits per heavy atom. The number of rotatable bonds is 9. The monoisotopic (exact) mass is 335 g/mol. The highest BCUT2D eigenvalue weighted by Crippen LogP contribution is 2.33. The van der Waals surface area contributed by atoms with Crippen LogP contribution in [-0.4, -0.2) is 42.8 Å². The van der Waals surface area contributed by atoms with Gasteiger partial charge in [0.15, 0.2) is 11.5 Å². The maximum Gasteiger partial charge on any atom is 0.306 e. The number of carboxylic acids is 1. The molecule has 0 radical (unpaired) electrons. The second-order valence-corrected chi connectivity index (χ2v) is 6.39. The first-order valence-corrected chi connectivity index (χ1v) is 8.89. The van der Waals surface area contributed by atoms with Crippen molar-refractivity contribution >= 4 is 5.97 Å². The first-order valence-electron chi connectivity index (χ1n) is 8.89. The molecule has 5 nitrogen and oxygen atoms in total. The van der Waals surface area contributed by atoms with Crippen LogP contribution in [0.2, 0.25) is 0 Å². The minimum atomic E-state index is -0.670. The summed E-state index contributed by atoms with van der Waals surface area (Å²) in [6, 6.07) is 5.98. The molecule has 1 saturated heterocycles. The Morgan fingerprint density at radius 3 is 2.67 bits per heavy atom. The summed E-state index contributed by atoms with van der Waals surface area (Å²) < 4.78 is 11.5. The Hall–Kier alpha value is -1.75. The SMILES string of the molecule is CCCCCOc1c(CN2CCC(C(=O)O)CC2)cccc1OC. The molecule has 2 rings (SSSR count). The minimum Gasteiger partial charge on any atom is -0.493 e. The van der Waals surface area contributed by atoms with Crippen LogP contribution in [-0.2, 0) is 11.3 Å². The summed E-state index contributed by atoms with van der Waals surface area (Å²) in [6.45, 7) is 5.26. The van der Waals surface area contributed by atoms with Gasteiger partial charge in [0.25, 0.3) is 0 Å². The molecule has 1 heterocycles. The molecule has 0 aliphatic carbocycles. The van der Waals surface area contributed by atoms with Crippen molar-refractivity contribution in [2.24, 2.45) is 5.92 Å². The molecule has 5 heteroatoms. The molecular weight excluding hydrogens is 306 g/mol. The molecule has 1 aromatic carbocycles. The zero-order valence-electron chi connectivity index (χ0n) is 14.8. The standard InChI is InChI=1S/C19H29NO4/c1-3-4-5-13-24-18-16(7-6-8-17(18)23-2)14-20-11-9-15(10-12-20)19(21)22/h6-8,15H,3-5,9-14H2,1-2H3,(H,21,22). The number of likely N-dealkylation sites (tertiary alicyclic amines) is 1. The zero-order chi connectivity index (χ0) is 17.4. The number of carbonyl (C=O) groups is 1. The summed E-state index contributed by atoms with van der Waals surface area (Å²) in [5.41, 5.74) is 1.11. The van der Waals surface area contributed by atoms with Crippen LogP contribution in [0.3, 0.4) is 0 Å². The van der Waals surface area contributed by atoms with E-state index < -0.39 is 5.97 Å². The molecule has 0 bridgehead atoms. The van der Waals surface area contributed by atoms with E-state index >= 15 is 0 Å². The summed E-state index contributed by atoms with van der Waals surface area (Å²) in [7, 11) is 1.66. The fourth-order valence-corrected chi connectivity index (χ4v) is 3.12. The highest BCUT2D eigenvalue weighted by atomic mass is 16.5. The van der Waals surface area contributed by atoms with E-state index in [0.717, 1.165) is 49.5 Å². The lowest BCUT2D eigenvalue weighted by atomic mass is 9.97. The van der Waals surface area contributed by atoms with Crippen molar-refractivity contribution in [3.05, 3.63) is 23.8 Å². The normalized spacial score (nSPS) is 16.1. The Bertz CT molecular complexity index is 524. The van der Waals surface area contributed by atoms with Crippen molar-refractivity contribution in [2.45, 2.75) is 45.6 Å². The van der Waals surface area contributed by atoms with Crippen molar-refractivity contribution in [2.75, 3.05) is 26.8 Å². The van der Waals surface area contributed by atoms with Gasteiger partial charge in [0.05, 0.1) is 19.6 Å². The Morgan fingerprint density at radius 2 is 2.04 bits per heavy atom. The maximum absolute atomic E-state index is 11.1. The summed E-state index contributed by atoms with van der Waals surface area (Å²) in [5.74, 6) is 0.730. The van der Waals surface area contributed by atoms with E-state index in [0.29, 0.717) is 19.4 Å². The number of para-hydroxylation sites is 1. The Balaban J connectivity index is 1.99. The summed E-state index contributed by atoms with van der Waals surface area (Å²) >= 11 is 0. The van der Waals surface area contributed by atoms with Crippen LogP contribution in [0.5, 0.6) is 11.5 Å². The number of hydrogen-bond acceptors (Lipinski definition) is 4. The summed E-state index contributed by atoms with van der Waals surface area (Å²) in [5, 5.41) is 9.11. The van der Waals surface area contributed by atoms with Crippen molar-refractivity contribution in [3.63, 3.8) is 0 Å². The van der Waals surface area contributed by atoms with Crippen LogP contribution in [0.1, 0.15) is 44.6 Å². The van der Waals surface area contributed by atoms with Gasteiger partial charge in [-0.2, -0.15) is 0 Å². The number of ether oxygens (including phenoxy) is 2. The van der Waals surface area contributed by atoms with Gasteiger partial charge in [-0.05, 0) is 38.4 Å². The second kappa shape index (κ2) is 9.52. The van der Waals surface area contributed by atoms with Crippen LogP contribution in [0.4, 0.5) is 0 Å². The number of methoxy groups -OCH3 is 1. The average Bonchev–Trinajstić information content (AvgIpc) is 2.60. The van der Waals surface area contributed by atoms with E-state index in [4.69, 9.17) is 14.6 Å². The van der Waals surface area contributed by atoms with Gasteiger partial charge in [0.1, 0.15) is 0 Å². The highest BCUT2D eigenvalue weighted by Gasteiger charge is 2.25. The van der Waals surface area contributed by atoms with Gasteiger partial charge in [-0.3, -0.25) is 9.69 Å². The molecule has 1 fully saturated rings. The third-order valence-corrected chi connectivity index (χ3v) is 4.61. The first-order chi connectivity index (χ1) is 11.7. The highest BCUT2D eigenvalue weighted by molar-refractivity contribution is 5.70. The third-order valence-electron chi connectivity index (χ3n) is 4.61.